The maximum atomic E-state index is 18.0. The van der Waals surface area contributed by atoms with Gasteiger partial charge in [-0.25, -0.2) is 18.4 Å². The summed E-state index contributed by atoms with van der Waals surface area (Å²) < 4.78 is 92.2. The first-order valence-electron chi connectivity index (χ1n) is 41.4. The third kappa shape index (κ3) is 22.1. The first-order valence-corrected chi connectivity index (χ1v) is 41.4. The van der Waals surface area contributed by atoms with E-state index in [1.807, 2.05) is 6.92 Å². The van der Waals surface area contributed by atoms with Crippen molar-refractivity contribution in [2.45, 2.75) is 235 Å². The Morgan fingerprint density at radius 3 is 2.09 bits per heavy atom. The molecule has 5 fully saturated rings. The van der Waals surface area contributed by atoms with E-state index in [0.29, 0.717) is 49.1 Å². The topological polar surface area (TPSA) is 510 Å². The molecule has 1 aromatic rings. The number of amides is 9. The van der Waals surface area contributed by atoms with Crippen LogP contribution in [-0.2, 0) is 97.1 Å². The second-order valence-electron chi connectivity index (χ2n) is 32.4. The number of aliphatic hydroxyl groups excluding tert-OH is 5. The second kappa shape index (κ2) is 43.0. The number of fused-ring (bicyclic) bond motifs is 7. The number of hydrogen-bond acceptors (Lipinski definition) is 29. The van der Waals surface area contributed by atoms with E-state index >= 15 is 8.78 Å². The molecule has 5 aliphatic carbocycles. The van der Waals surface area contributed by atoms with Crippen LogP contribution in [0.2, 0.25) is 0 Å². The van der Waals surface area contributed by atoms with Crippen molar-refractivity contribution in [3.63, 3.8) is 0 Å². The number of ether oxygens (including phenoxy) is 10. The average molecular weight is 1700 g/mol. The van der Waals surface area contributed by atoms with E-state index in [0.717, 1.165) is 30.2 Å². The SMILES string of the molecule is CCCC1O[C@@H]2C[C@H]3[C@@H]4C[C@H](F)C5=CC(=O)C=C[C@]5(C)[C@@]4(F)[C@@H](O)C[C@]3(C)[C@]2(C(=O)COC(=O)OCc2ccc(NC(=O)[C@H](CCCNC(N)=O)NC(=O)[C@@H](NC(=O)[C@@H](CCCCNC(=O)COC3CCCCCC4=C3NNN4[C@@H]3O[C@H](CO)[C@H](O)[C@H](O)[C@H]3O)NC(=O)CCOCCOCCOCCOCCN3C(=O)C=CC3=O)C(C)C)cc2)O1. The Labute approximate surface area is 693 Å². The number of ketones is 2. The summed E-state index contributed by atoms with van der Waals surface area (Å²) in [5.74, 6) is -7.78. The van der Waals surface area contributed by atoms with Gasteiger partial charge in [0.25, 0.3) is 11.8 Å². The minimum Gasteiger partial charge on any atom is -0.429 e. The van der Waals surface area contributed by atoms with Crippen LogP contribution < -0.4 is 48.6 Å². The third-order valence-corrected chi connectivity index (χ3v) is 24.1. The minimum atomic E-state index is -2.44. The van der Waals surface area contributed by atoms with Gasteiger partial charge in [-0.1, -0.05) is 65.2 Å². The number of nitrogens with one attached hydrogen (secondary N) is 8. The number of halogens is 2. The van der Waals surface area contributed by atoms with Gasteiger partial charge < -0.3 is 116 Å². The second-order valence-corrected chi connectivity index (χ2v) is 32.4. The van der Waals surface area contributed by atoms with Crippen LogP contribution in [0.1, 0.15) is 143 Å². The summed E-state index contributed by atoms with van der Waals surface area (Å²) in [5.41, 5.74) is 5.84. The summed E-state index contributed by atoms with van der Waals surface area (Å²) in [7, 11) is 0. The first-order chi connectivity index (χ1) is 57.4. The molecule has 0 radical (unpaired) electrons. The van der Waals surface area contributed by atoms with Gasteiger partial charge in [-0.05, 0) is 131 Å². The zero-order valence-corrected chi connectivity index (χ0v) is 68.4. The highest BCUT2D eigenvalue weighted by molar-refractivity contribution is 6.13. The number of urea groups is 1. The largest absolute Gasteiger partial charge is 0.509 e. The number of imide groups is 1. The average Bonchev–Trinajstić information content (AvgIpc) is 1.11. The van der Waals surface area contributed by atoms with Crippen LogP contribution in [0.25, 0.3) is 0 Å². The van der Waals surface area contributed by atoms with Crippen LogP contribution in [0.3, 0.4) is 0 Å². The lowest BCUT2D eigenvalue weighted by Crippen LogP contribution is -2.71. The summed E-state index contributed by atoms with van der Waals surface area (Å²) in [5, 5.41) is 71.5. The van der Waals surface area contributed by atoms with E-state index < -0.39 is 198 Å². The molecular weight excluding hydrogens is 1580 g/mol. The molecule has 10 rings (SSSR count). The number of nitrogens with two attached hydrogens (primary N) is 1. The standard InChI is InChI=1S/C81H117F2N11O26/c1-6-13-66-119-61-40-50-51-39-53(82)52-38-49(96)24-26-78(52,4)80(51,83)59(97)41-79(50,5)81(61,120-66)60(98)44-117-77(110)116-43-47-18-20-48(21-19-47)87-72(106)55(15-12-28-86-76(84)109)89-74(108)67(46(2)3)90-73(107)54(88-62(99)25-30-111-32-34-113-36-37-114-35-33-112-31-29-93-64(101)22-23-65(93)102)14-10-11-27-85-63(100)45-115-57-17-9-7-8-16-56-68(57)91-92-94(56)75-71(105)70(104)69(103)58(42-95)118-75/h18-24,26,38,46,50-51,53-55,57-59,61,66-67,69-71,75,91-92,95,97,103-105H,6-17,25,27-37,39-45H2,1-5H3,(H,85,100)(H,87,106)(H,88,99)(H,89,108)(H,90,107)(H3,84,86,109)/t50-,51-,53-,54+,55-,57?,58+,59-,61+,66?,67-,69-,70-,71+,75+,78-,79-,80-,81+/m0/s1. The minimum absolute atomic E-state index is 0.0128. The van der Waals surface area contributed by atoms with Crippen LogP contribution in [0.5, 0.6) is 0 Å². The summed E-state index contributed by atoms with van der Waals surface area (Å²) in [6.07, 6.45) is -4.04. The van der Waals surface area contributed by atoms with E-state index in [4.69, 9.17) is 53.1 Å². The summed E-state index contributed by atoms with van der Waals surface area (Å²) in [6.45, 7) is 7.68. The Kier molecular flexibility index (Phi) is 33.6. The maximum Gasteiger partial charge on any atom is 0.509 e. The molecule has 19 atom stereocenters. The molecule has 666 valence electrons. The van der Waals surface area contributed by atoms with Crippen LogP contribution in [0, 0.1) is 28.6 Å². The molecule has 4 aliphatic heterocycles. The lowest BCUT2D eigenvalue weighted by Gasteiger charge is -2.63. The number of carbonyl (C=O) groups is 11. The Morgan fingerprint density at radius 1 is 0.733 bits per heavy atom. The van der Waals surface area contributed by atoms with Gasteiger partial charge in [-0.3, -0.25) is 53.1 Å². The number of unbranched alkanes of at least 4 members (excludes halogenated alkanes) is 1. The van der Waals surface area contributed by atoms with Gasteiger partial charge in [0.15, 0.2) is 36.2 Å². The van der Waals surface area contributed by atoms with Gasteiger partial charge in [-0.15, -0.1) is 5.53 Å². The van der Waals surface area contributed by atoms with E-state index in [-0.39, 0.29) is 148 Å². The van der Waals surface area contributed by atoms with Crippen LogP contribution in [0.4, 0.5) is 24.1 Å². The highest BCUT2D eigenvalue weighted by Gasteiger charge is 2.80. The number of primary amides is 1. The predicted octanol–water partition coefficient (Wildman–Crippen LogP) is 0.969. The molecule has 4 heterocycles. The molecule has 3 saturated carbocycles. The molecule has 2 unspecified atom stereocenters. The highest BCUT2D eigenvalue weighted by atomic mass is 19.1. The normalized spacial score (nSPS) is 30.0. The van der Waals surface area contributed by atoms with Gasteiger partial charge in [0.05, 0.1) is 89.6 Å². The molecule has 9 aliphatic rings. The number of hydrogen-bond donors (Lipinski definition) is 14. The molecule has 37 nitrogen and oxygen atoms in total. The van der Waals surface area contributed by atoms with Crippen LogP contribution >= 0.6 is 0 Å². The maximum absolute atomic E-state index is 18.0. The Bertz CT molecular complexity index is 3900. The van der Waals surface area contributed by atoms with Gasteiger partial charge in [0, 0.05) is 54.1 Å². The van der Waals surface area contributed by atoms with E-state index in [9.17, 15) is 78.3 Å². The third-order valence-electron chi connectivity index (χ3n) is 24.1. The van der Waals surface area contributed by atoms with Gasteiger partial charge >= 0.3 is 12.2 Å². The monoisotopic (exact) mass is 1700 g/mol. The van der Waals surface area contributed by atoms with E-state index in [1.165, 1.54) is 60.5 Å². The van der Waals surface area contributed by atoms with Crippen molar-refractivity contribution >= 4 is 70.8 Å². The van der Waals surface area contributed by atoms with Crippen molar-refractivity contribution < 1.29 is 134 Å². The predicted molar refractivity (Wildman–Crippen MR) is 417 cm³/mol. The number of benzene rings is 1. The van der Waals surface area contributed by atoms with Gasteiger partial charge in [0.2, 0.25) is 35.3 Å². The number of alkyl halides is 2. The number of nitrogens with zero attached hydrogens (tertiary/aromatic N) is 2. The van der Waals surface area contributed by atoms with Crippen molar-refractivity contribution in [3.8, 4) is 0 Å². The summed E-state index contributed by atoms with van der Waals surface area (Å²) in [4.78, 5) is 147. The van der Waals surface area contributed by atoms with Crippen LogP contribution in [-0.4, -0.2) is 284 Å². The highest BCUT2D eigenvalue weighted by Crippen LogP contribution is 2.72. The number of Topliss-reactive ketones (excluding diaryl/α,β-unsaturated/α-hetero) is 1. The van der Waals surface area contributed by atoms with Crippen molar-refractivity contribution in [3.05, 3.63) is 77.2 Å². The molecule has 39 heteroatoms. The fourth-order valence-corrected chi connectivity index (χ4v) is 17.8. The van der Waals surface area contributed by atoms with Crippen molar-refractivity contribution in [1.29, 1.82) is 0 Å². The zero-order chi connectivity index (χ0) is 86.6. The van der Waals surface area contributed by atoms with E-state index in [1.54, 1.807) is 20.8 Å². The number of hydrazine groups is 2. The van der Waals surface area contributed by atoms with Crippen molar-refractivity contribution in [2.24, 2.45) is 34.3 Å². The molecule has 0 bridgehead atoms. The Balaban J connectivity index is 0.714. The zero-order valence-electron chi connectivity index (χ0n) is 68.4. The molecule has 1 aromatic carbocycles. The number of allylic oxidation sites excluding steroid dienone is 5. The Morgan fingerprint density at radius 2 is 1.41 bits per heavy atom. The molecule has 0 aromatic heterocycles. The summed E-state index contributed by atoms with van der Waals surface area (Å²) in [6, 6.07) is 1.35. The van der Waals surface area contributed by atoms with Gasteiger partial charge in [0.1, 0.15) is 68.0 Å². The van der Waals surface area contributed by atoms with Gasteiger partial charge in [-0.2, -0.15) is 0 Å². The van der Waals surface area contributed by atoms with E-state index in [2.05, 4.69) is 42.9 Å². The Hall–Kier alpha value is -8.55. The number of aliphatic hydroxyl groups is 5. The smallest absolute Gasteiger partial charge is 0.429 e. The number of rotatable bonds is 44. The first kappa shape index (κ1) is 93.7. The molecule has 2 saturated heterocycles. The number of anilines is 1. The molecular formula is C81H117F2N11O26. The summed E-state index contributed by atoms with van der Waals surface area (Å²) >= 11 is 0. The number of carbonyl (C=O) groups excluding carboxylic acids is 11. The molecule has 15 N–H and O–H groups in total. The molecule has 120 heavy (non-hydrogen) atoms. The lowest BCUT2D eigenvalue weighted by atomic mass is 9.44. The molecule has 9 amide bonds. The fourth-order valence-electron chi connectivity index (χ4n) is 17.8. The van der Waals surface area contributed by atoms with Crippen molar-refractivity contribution in [2.75, 3.05) is 97.6 Å². The lowest BCUT2D eigenvalue weighted by molar-refractivity contribution is -0.266. The van der Waals surface area contributed by atoms with Crippen molar-refractivity contribution in [1.82, 2.24) is 47.5 Å². The quantitative estimate of drug-likeness (QED) is 0.0246. The molecule has 0 spiro atoms. The fraction of sp³-hybridized carbons (Fsp3) is 0.691. The van der Waals surface area contributed by atoms with Crippen LogP contribution in [0.15, 0.2) is 71.6 Å².